The van der Waals surface area contributed by atoms with E-state index in [4.69, 9.17) is 0 Å². The Balaban J connectivity index is 1.98. The third kappa shape index (κ3) is 4.04. The van der Waals surface area contributed by atoms with Crippen molar-refractivity contribution in [3.05, 3.63) is 29.6 Å². The van der Waals surface area contributed by atoms with Crippen molar-refractivity contribution < 1.29 is 14.0 Å². The largest absolute Gasteiger partial charge is 0.370 e. The normalized spacial score (nSPS) is 17.0. The Labute approximate surface area is 142 Å². The molecule has 1 heterocycles. The van der Waals surface area contributed by atoms with Crippen LogP contribution in [-0.4, -0.2) is 42.4 Å². The van der Waals surface area contributed by atoms with Crippen LogP contribution >= 0.6 is 0 Å². The summed E-state index contributed by atoms with van der Waals surface area (Å²) in [4.78, 5) is 27.4. The van der Waals surface area contributed by atoms with E-state index in [-0.39, 0.29) is 24.2 Å². The summed E-state index contributed by atoms with van der Waals surface area (Å²) in [7, 11) is 0. The molecule has 0 aliphatic carbocycles. The molecule has 1 saturated heterocycles. The maximum atomic E-state index is 14.3. The van der Waals surface area contributed by atoms with E-state index in [1.807, 2.05) is 24.8 Å². The molecule has 1 unspecified atom stereocenters. The predicted octanol–water partition coefficient (Wildman–Crippen LogP) is 2.30. The number of carbonyl (C=O) groups excluding carboxylic acids is 2. The molecule has 1 N–H and O–H groups in total. The zero-order chi connectivity index (χ0) is 17.7. The van der Waals surface area contributed by atoms with Gasteiger partial charge in [-0.25, -0.2) is 4.39 Å². The third-order valence-electron chi connectivity index (χ3n) is 4.54. The van der Waals surface area contributed by atoms with Gasteiger partial charge < -0.3 is 15.1 Å². The van der Waals surface area contributed by atoms with Gasteiger partial charge in [0.15, 0.2) is 0 Å². The van der Waals surface area contributed by atoms with Gasteiger partial charge in [-0.1, -0.05) is 6.07 Å². The van der Waals surface area contributed by atoms with E-state index >= 15 is 0 Å². The summed E-state index contributed by atoms with van der Waals surface area (Å²) in [6, 6.07) is 4.64. The van der Waals surface area contributed by atoms with Crippen molar-refractivity contribution in [3.63, 3.8) is 0 Å². The number of nitrogens with zero attached hydrogens (tertiary/aromatic N) is 2. The van der Waals surface area contributed by atoms with Crippen molar-refractivity contribution in [2.24, 2.45) is 0 Å². The van der Waals surface area contributed by atoms with Gasteiger partial charge in [-0.15, -0.1) is 0 Å². The van der Waals surface area contributed by atoms with Crippen LogP contribution < -0.4 is 10.2 Å². The minimum atomic E-state index is -0.401. The quantitative estimate of drug-likeness (QED) is 0.868. The summed E-state index contributed by atoms with van der Waals surface area (Å²) in [5, 5.41) is 2.82. The van der Waals surface area contributed by atoms with Gasteiger partial charge in [0.2, 0.25) is 11.8 Å². The molecule has 24 heavy (non-hydrogen) atoms. The maximum Gasteiger partial charge on any atom is 0.243 e. The molecule has 1 aromatic rings. The summed E-state index contributed by atoms with van der Waals surface area (Å²) in [5.74, 6) is -0.533. The molecule has 0 saturated carbocycles. The Morgan fingerprint density at radius 1 is 1.33 bits per heavy atom. The standard InChI is InChI=1S/C18H26FN3O2/c1-4-21(5-2)16-9-8-14(11-15(16)19)12-20-18(24)17-7-6-10-22(17)13(3)23/h8-9,11,17H,4-7,10,12H2,1-3H3,(H,20,24). The van der Waals surface area contributed by atoms with Crippen molar-refractivity contribution in [3.8, 4) is 0 Å². The highest BCUT2D eigenvalue weighted by molar-refractivity contribution is 5.87. The Kier molecular flexibility index (Phi) is 6.17. The van der Waals surface area contributed by atoms with Crippen LogP contribution in [0.4, 0.5) is 10.1 Å². The van der Waals surface area contributed by atoms with Crippen LogP contribution in [0, 0.1) is 5.82 Å². The molecule has 2 rings (SSSR count). The molecule has 1 fully saturated rings. The Bertz CT molecular complexity index is 602. The van der Waals surface area contributed by atoms with Crippen molar-refractivity contribution in [2.45, 2.75) is 46.2 Å². The second kappa shape index (κ2) is 8.13. The zero-order valence-corrected chi connectivity index (χ0v) is 14.6. The van der Waals surface area contributed by atoms with Crippen molar-refractivity contribution in [1.29, 1.82) is 0 Å². The van der Waals surface area contributed by atoms with E-state index in [1.54, 1.807) is 11.0 Å². The summed E-state index contributed by atoms with van der Waals surface area (Å²) >= 11 is 0. The van der Waals surface area contributed by atoms with Crippen LogP contribution in [0.5, 0.6) is 0 Å². The lowest BCUT2D eigenvalue weighted by atomic mass is 10.1. The molecule has 0 radical (unpaired) electrons. The number of benzene rings is 1. The van der Waals surface area contributed by atoms with Gasteiger partial charge in [-0.05, 0) is 44.4 Å². The van der Waals surface area contributed by atoms with Crippen LogP contribution in [0.3, 0.4) is 0 Å². The first kappa shape index (κ1) is 18.2. The lowest BCUT2D eigenvalue weighted by Gasteiger charge is -2.23. The molecule has 1 aliphatic heterocycles. The lowest BCUT2D eigenvalue weighted by Crippen LogP contribution is -2.44. The van der Waals surface area contributed by atoms with Crippen molar-refractivity contribution in [1.82, 2.24) is 10.2 Å². The monoisotopic (exact) mass is 335 g/mol. The number of amides is 2. The van der Waals surface area contributed by atoms with E-state index < -0.39 is 6.04 Å². The fourth-order valence-electron chi connectivity index (χ4n) is 3.20. The summed E-state index contributed by atoms with van der Waals surface area (Å²) in [6.45, 7) is 7.82. The predicted molar refractivity (Wildman–Crippen MR) is 92.2 cm³/mol. The third-order valence-corrected chi connectivity index (χ3v) is 4.54. The summed E-state index contributed by atoms with van der Waals surface area (Å²) < 4.78 is 14.3. The second-order valence-corrected chi connectivity index (χ2v) is 6.05. The highest BCUT2D eigenvalue weighted by Gasteiger charge is 2.32. The number of carbonyl (C=O) groups is 2. The van der Waals surface area contributed by atoms with Crippen LogP contribution in [0.2, 0.25) is 0 Å². The van der Waals surface area contributed by atoms with E-state index in [0.717, 1.165) is 19.5 Å². The highest BCUT2D eigenvalue weighted by atomic mass is 19.1. The highest BCUT2D eigenvalue weighted by Crippen LogP contribution is 2.21. The van der Waals surface area contributed by atoms with E-state index in [2.05, 4.69) is 5.32 Å². The van der Waals surface area contributed by atoms with Gasteiger partial charge in [0.1, 0.15) is 11.9 Å². The van der Waals surface area contributed by atoms with Crippen molar-refractivity contribution in [2.75, 3.05) is 24.5 Å². The van der Waals surface area contributed by atoms with E-state index in [1.165, 1.54) is 13.0 Å². The second-order valence-electron chi connectivity index (χ2n) is 6.05. The fraction of sp³-hybridized carbons (Fsp3) is 0.556. The first-order valence-electron chi connectivity index (χ1n) is 8.56. The molecule has 6 heteroatoms. The fourth-order valence-corrected chi connectivity index (χ4v) is 3.20. The zero-order valence-electron chi connectivity index (χ0n) is 14.6. The topological polar surface area (TPSA) is 52.7 Å². The molecular formula is C18H26FN3O2. The molecule has 0 bridgehead atoms. The first-order chi connectivity index (χ1) is 11.5. The molecule has 1 aromatic carbocycles. The van der Waals surface area contributed by atoms with E-state index in [0.29, 0.717) is 24.2 Å². The number of hydrogen-bond acceptors (Lipinski definition) is 3. The molecule has 0 spiro atoms. The average molecular weight is 335 g/mol. The molecule has 1 atom stereocenters. The molecule has 132 valence electrons. The maximum absolute atomic E-state index is 14.3. The first-order valence-corrected chi connectivity index (χ1v) is 8.56. The van der Waals surface area contributed by atoms with Crippen molar-refractivity contribution >= 4 is 17.5 Å². The smallest absolute Gasteiger partial charge is 0.243 e. The molecule has 2 amide bonds. The Morgan fingerprint density at radius 3 is 2.62 bits per heavy atom. The minimum absolute atomic E-state index is 0.0812. The SMILES string of the molecule is CCN(CC)c1ccc(CNC(=O)C2CCCN2C(C)=O)cc1F. The Morgan fingerprint density at radius 2 is 2.04 bits per heavy atom. The number of hydrogen-bond donors (Lipinski definition) is 1. The van der Waals surface area contributed by atoms with Crippen LogP contribution in [0.1, 0.15) is 39.2 Å². The van der Waals surface area contributed by atoms with Crippen LogP contribution in [0.15, 0.2) is 18.2 Å². The van der Waals surface area contributed by atoms with Crippen LogP contribution in [-0.2, 0) is 16.1 Å². The van der Waals surface area contributed by atoms with Gasteiger partial charge in [0.25, 0.3) is 0 Å². The van der Waals surface area contributed by atoms with Gasteiger partial charge in [-0.3, -0.25) is 9.59 Å². The average Bonchev–Trinajstić information content (AvgIpc) is 3.05. The minimum Gasteiger partial charge on any atom is -0.370 e. The number of likely N-dealkylation sites (tertiary alicyclic amines) is 1. The Hall–Kier alpha value is -2.11. The number of halogens is 1. The molecule has 0 aromatic heterocycles. The van der Waals surface area contributed by atoms with Gasteiger partial charge in [-0.2, -0.15) is 0 Å². The molecule has 5 nitrogen and oxygen atoms in total. The number of rotatable bonds is 6. The van der Waals surface area contributed by atoms with Gasteiger partial charge in [0.05, 0.1) is 5.69 Å². The summed E-state index contributed by atoms with van der Waals surface area (Å²) in [6.07, 6.45) is 1.52. The molecule has 1 aliphatic rings. The van der Waals surface area contributed by atoms with E-state index in [9.17, 15) is 14.0 Å². The van der Waals surface area contributed by atoms with Gasteiger partial charge >= 0.3 is 0 Å². The lowest BCUT2D eigenvalue weighted by molar-refractivity contribution is -0.136. The molecular weight excluding hydrogens is 309 g/mol. The number of anilines is 1. The number of nitrogens with one attached hydrogen (secondary N) is 1. The summed E-state index contributed by atoms with van der Waals surface area (Å²) in [5.41, 5.74) is 1.29. The van der Waals surface area contributed by atoms with Gasteiger partial charge in [0, 0.05) is 33.1 Å². The van der Waals surface area contributed by atoms with Crippen LogP contribution in [0.25, 0.3) is 0 Å².